The molecular formula is C25H21BrClFN2O2S. The lowest BCUT2D eigenvalue weighted by Gasteiger charge is -2.13. The van der Waals surface area contributed by atoms with Gasteiger partial charge in [0.05, 0.1) is 18.5 Å². The molecule has 0 aliphatic carbocycles. The number of imidazole rings is 1. The van der Waals surface area contributed by atoms with Gasteiger partial charge in [-0.25, -0.2) is 9.37 Å². The molecule has 8 heteroatoms. The molecule has 4 aromatic rings. The summed E-state index contributed by atoms with van der Waals surface area (Å²) in [5, 5.41) is 0.498. The van der Waals surface area contributed by atoms with E-state index in [1.165, 1.54) is 6.33 Å². The average molecular weight is 548 g/mol. The van der Waals surface area contributed by atoms with Gasteiger partial charge in [-0.15, -0.1) is 11.8 Å². The molecule has 0 aliphatic rings. The van der Waals surface area contributed by atoms with E-state index in [0.717, 1.165) is 14.9 Å². The van der Waals surface area contributed by atoms with Crippen molar-refractivity contribution in [1.29, 1.82) is 0 Å². The van der Waals surface area contributed by atoms with Crippen LogP contribution in [-0.4, -0.2) is 34.3 Å². The number of carbonyl (C=O) groups is 1. The Morgan fingerprint density at radius 1 is 1.21 bits per heavy atom. The molecule has 0 saturated heterocycles. The number of hydrogen-bond donors (Lipinski definition) is 0. The SMILES string of the molecule is Cn1cnc2c(F)c(Cc3ccc(Br)cc3Cl)c(C(=O)COCCSc3ccccc3)cc21. The number of halogens is 3. The molecule has 0 fully saturated rings. The number of ether oxygens (including phenoxy) is 1. The summed E-state index contributed by atoms with van der Waals surface area (Å²) in [4.78, 5) is 18.4. The number of thioether (sulfide) groups is 1. The molecule has 1 heterocycles. The van der Waals surface area contributed by atoms with Crippen molar-refractivity contribution >= 4 is 56.1 Å². The third-order valence-corrected chi connectivity index (χ3v) is 7.04. The third kappa shape index (κ3) is 5.66. The molecule has 0 N–H and O–H groups in total. The summed E-state index contributed by atoms with van der Waals surface area (Å²) in [5.41, 5.74) is 2.08. The summed E-state index contributed by atoms with van der Waals surface area (Å²) in [7, 11) is 1.77. The lowest BCUT2D eigenvalue weighted by Crippen LogP contribution is -2.15. The van der Waals surface area contributed by atoms with E-state index < -0.39 is 5.82 Å². The minimum absolute atomic E-state index is 0.126. The molecular weight excluding hydrogens is 527 g/mol. The van der Waals surface area contributed by atoms with E-state index in [9.17, 15) is 4.79 Å². The van der Waals surface area contributed by atoms with Crippen molar-refractivity contribution in [3.8, 4) is 0 Å². The predicted molar refractivity (Wildman–Crippen MR) is 135 cm³/mol. The fraction of sp³-hybridized carbons (Fsp3) is 0.200. The monoisotopic (exact) mass is 546 g/mol. The highest BCUT2D eigenvalue weighted by Gasteiger charge is 2.22. The zero-order valence-corrected chi connectivity index (χ0v) is 21.0. The van der Waals surface area contributed by atoms with Gasteiger partial charge >= 0.3 is 0 Å². The molecule has 3 aromatic carbocycles. The fourth-order valence-electron chi connectivity index (χ4n) is 3.52. The van der Waals surface area contributed by atoms with Crippen LogP contribution in [0.5, 0.6) is 0 Å². The van der Waals surface area contributed by atoms with Crippen molar-refractivity contribution in [1.82, 2.24) is 9.55 Å². The Labute approximate surface area is 209 Å². The second kappa shape index (κ2) is 10.8. The molecule has 170 valence electrons. The van der Waals surface area contributed by atoms with Crippen LogP contribution < -0.4 is 0 Å². The summed E-state index contributed by atoms with van der Waals surface area (Å²) in [6.07, 6.45) is 1.71. The van der Waals surface area contributed by atoms with Crippen molar-refractivity contribution < 1.29 is 13.9 Å². The zero-order valence-electron chi connectivity index (χ0n) is 17.9. The van der Waals surface area contributed by atoms with E-state index in [0.29, 0.717) is 28.5 Å². The van der Waals surface area contributed by atoms with Gasteiger partial charge in [0.2, 0.25) is 0 Å². The number of ketones is 1. The first-order valence-electron chi connectivity index (χ1n) is 10.3. The fourth-order valence-corrected chi connectivity index (χ4v) is 5.05. The molecule has 0 atom stereocenters. The maximum atomic E-state index is 15.5. The van der Waals surface area contributed by atoms with Crippen molar-refractivity contribution in [2.75, 3.05) is 19.0 Å². The third-order valence-electron chi connectivity index (χ3n) is 5.22. The smallest absolute Gasteiger partial charge is 0.188 e. The lowest BCUT2D eigenvalue weighted by molar-refractivity contribution is 0.0786. The van der Waals surface area contributed by atoms with E-state index in [-0.39, 0.29) is 29.9 Å². The van der Waals surface area contributed by atoms with Crippen molar-refractivity contribution in [2.24, 2.45) is 7.05 Å². The van der Waals surface area contributed by atoms with E-state index in [1.807, 2.05) is 42.5 Å². The summed E-state index contributed by atoms with van der Waals surface area (Å²) in [6, 6.07) is 17.1. The standard InChI is InChI=1S/C25H21BrClFN2O2S/c1-30-15-29-25-22(30)13-19(20(24(25)28)11-16-7-8-17(26)12-21(16)27)23(31)14-32-9-10-33-18-5-3-2-4-6-18/h2-8,12-13,15H,9-11,14H2,1H3. The van der Waals surface area contributed by atoms with Crippen LogP contribution in [0.1, 0.15) is 21.5 Å². The van der Waals surface area contributed by atoms with E-state index in [2.05, 4.69) is 20.9 Å². The summed E-state index contributed by atoms with van der Waals surface area (Å²) >= 11 is 11.4. The van der Waals surface area contributed by atoms with Gasteiger partial charge in [-0.3, -0.25) is 4.79 Å². The van der Waals surface area contributed by atoms with Gasteiger partial charge in [-0.1, -0.05) is 51.8 Å². The minimum atomic E-state index is -0.505. The number of hydrogen-bond acceptors (Lipinski definition) is 4. The maximum absolute atomic E-state index is 15.5. The number of fused-ring (bicyclic) bond motifs is 1. The summed E-state index contributed by atoms with van der Waals surface area (Å²) in [5.74, 6) is -0.0617. The van der Waals surface area contributed by atoms with Gasteiger partial charge < -0.3 is 9.30 Å². The van der Waals surface area contributed by atoms with Crippen LogP contribution in [0.4, 0.5) is 4.39 Å². The van der Waals surface area contributed by atoms with Gasteiger partial charge in [0.25, 0.3) is 0 Å². The molecule has 0 spiro atoms. The van der Waals surface area contributed by atoms with Crippen LogP contribution in [0, 0.1) is 5.82 Å². The first-order valence-corrected chi connectivity index (χ1v) is 12.4. The largest absolute Gasteiger partial charge is 0.372 e. The van der Waals surface area contributed by atoms with Crippen LogP contribution in [0.2, 0.25) is 5.02 Å². The average Bonchev–Trinajstić information content (AvgIpc) is 3.18. The summed E-state index contributed by atoms with van der Waals surface area (Å²) < 4.78 is 23.7. The predicted octanol–water partition coefficient (Wildman–Crippen LogP) is 6.71. The highest BCUT2D eigenvalue weighted by Crippen LogP contribution is 2.30. The van der Waals surface area contributed by atoms with Crippen LogP contribution in [0.15, 0.2) is 70.3 Å². The number of carbonyl (C=O) groups excluding carboxylic acids is 1. The Bertz CT molecular complexity index is 1300. The van der Waals surface area contributed by atoms with Crippen molar-refractivity contribution in [2.45, 2.75) is 11.3 Å². The highest BCUT2D eigenvalue weighted by atomic mass is 79.9. The zero-order chi connectivity index (χ0) is 23.4. The second-order valence-electron chi connectivity index (χ2n) is 7.49. The van der Waals surface area contributed by atoms with Crippen LogP contribution in [0.3, 0.4) is 0 Å². The first kappa shape index (κ1) is 24.0. The maximum Gasteiger partial charge on any atom is 0.188 e. The molecule has 4 nitrogen and oxygen atoms in total. The van der Waals surface area contributed by atoms with E-state index in [1.54, 1.807) is 35.5 Å². The number of nitrogens with zero attached hydrogens (tertiary/aromatic N) is 2. The number of rotatable bonds is 9. The van der Waals surface area contributed by atoms with Gasteiger partial charge in [0.15, 0.2) is 11.6 Å². The van der Waals surface area contributed by atoms with Gasteiger partial charge in [0, 0.05) is 44.7 Å². The Kier molecular flexibility index (Phi) is 7.86. The molecule has 0 aliphatic heterocycles. The van der Waals surface area contributed by atoms with E-state index >= 15 is 4.39 Å². The topological polar surface area (TPSA) is 44.1 Å². The minimum Gasteiger partial charge on any atom is -0.372 e. The number of aromatic nitrogens is 2. The van der Waals surface area contributed by atoms with E-state index in [4.69, 9.17) is 16.3 Å². The van der Waals surface area contributed by atoms with Gasteiger partial charge in [0.1, 0.15) is 12.1 Å². The summed E-state index contributed by atoms with van der Waals surface area (Å²) in [6.45, 7) is 0.287. The molecule has 0 unspecified atom stereocenters. The lowest BCUT2D eigenvalue weighted by atomic mass is 9.95. The number of Topliss-reactive ketones (excluding diaryl/α,β-unsaturated/α-hetero) is 1. The van der Waals surface area contributed by atoms with Crippen LogP contribution in [-0.2, 0) is 18.2 Å². The van der Waals surface area contributed by atoms with Gasteiger partial charge in [-0.2, -0.15) is 0 Å². The molecule has 0 radical (unpaired) electrons. The Hall–Kier alpha value is -2.19. The molecule has 4 rings (SSSR count). The van der Waals surface area contributed by atoms with Crippen LogP contribution >= 0.6 is 39.3 Å². The molecule has 33 heavy (non-hydrogen) atoms. The van der Waals surface area contributed by atoms with Gasteiger partial charge in [-0.05, 0) is 35.9 Å². The molecule has 1 aromatic heterocycles. The van der Waals surface area contributed by atoms with Crippen molar-refractivity contribution in [3.63, 3.8) is 0 Å². The highest BCUT2D eigenvalue weighted by molar-refractivity contribution is 9.10. The Balaban J connectivity index is 1.53. The second-order valence-corrected chi connectivity index (χ2v) is 9.98. The molecule has 0 bridgehead atoms. The van der Waals surface area contributed by atoms with Crippen LogP contribution in [0.25, 0.3) is 11.0 Å². The van der Waals surface area contributed by atoms with Crippen molar-refractivity contribution in [3.05, 3.63) is 92.9 Å². The number of benzene rings is 3. The Morgan fingerprint density at radius 3 is 2.76 bits per heavy atom. The number of aryl methyl sites for hydroxylation is 1. The normalized spacial score (nSPS) is 11.3. The quantitative estimate of drug-likeness (QED) is 0.133. The first-order chi connectivity index (χ1) is 15.9. The molecule has 0 amide bonds. The molecule has 0 saturated carbocycles. The Morgan fingerprint density at radius 2 is 2.00 bits per heavy atom.